The Labute approximate surface area is 147 Å². The highest BCUT2D eigenvalue weighted by Gasteiger charge is 2.32. The highest BCUT2D eigenvalue weighted by molar-refractivity contribution is 5.97. The van der Waals surface area contributed by atoms with Gasteiger partial charge in [-0.3, -0.25) is 4.79 Å². The van der Waals surface area contributed by atoms with Gasteiger partial charge < -0.3 is 24.6 Å². The molecule has 0 saturated carbocycles. The number of carbonyl (C=O) groups is 2. The van der Waals surface area contributed by atoms with E-state index >= 15 is 0 Å². The third-order valence-corrected chi connectivity index (χ3v) is 4.48. The minimum Gasteiger partial charge on any atom is -0.486 e. The van der Waals surface area contributed by atoms with Crippen LogP contribution in [-0.2, 0) is 4.79 Å². The number of benzene rings is 1. The van der Waals surface area contributed by atoms with Crippen LogP contribution in [0.5, 0.6) is 11.5 Å². The lowest BCUT2D eigenvalue weighted by Gasteiger charge is -2.23. The topological polar surface area (TPSA) is 71.1 Å². The van der Waals surface area contributed by atoms with Gasteiger partial charge in [0.1, 0.15) is 13.2 Å². The van der Waals surface area contributed by atoms with Gasteiger partial charge in [-0.25, -0.2) is 4.79 Å². The molecular formula is C18H25N3O4. The third-order valence-electron chi connectivity index (χ3n) is 4.48. The summed E-state index contributed by atoms with van der Waals surface area (Å²) in [6.45, 7) is 4.31. The molecule has 1 saturated heterocycles. The van der Waals surface area contributed by atoms with E-state index in [9.17, 15) is 9.59 Å². The summed E-state index contributed by atoms with van der Waals surface area (Å²) in [6.07, 6.45) is 2.32. The molecule has 7 heteroatoms. The molecule has 2 aliphatic heterocycles. The molecule has 0 aliphatic carbocycles. The fourth-order valence-electron chi connectivity index (χ4n) is 3.04. The minimum absolute atomic E-state index is 0.00168. The van der Waals surface area contributed by atoms with Crippen molar-refractivity contribution in [2.24, 2.45) is 0 Å². The Morgan fingerprint density at radius 3 is 2.84 bits per heavy atom. The number of anilines is 1. The molecule has 0 aromatic heterocycles. The zero-order valence-electron chi connectivity index (χ0n) is 14.8. The number of unbranched alkanes of at least 4 members (excludes halogenated alkanes) is 1. The van der Waals surface area contributed by atoms with E-state index in [-0.39, 0.29) is 18.0 Å². The molecule has 1 atom stereocenters. The molecule has 1 N–H and O–H groups in total. The standard InChI is InChI=1S/C18H25N3O4/c1-3-4-7-20(2)18(23)19-13-10-17(22)21(12-13)14-5-6-15-16(11-14)25-9-8-24-15/h5-6,11,13H,3-4,7-10,12H2,1-2H3,(H,19,23). The van der Waals surface area contributed by atoms with Gasteiger partial charge in [0.05, 0.1) is 6.04 Å². The summed E-state index contributed by atoms with van der Waals surface area (Å²) in [7, 11) is 1.78. The second-order valence-corrected chi connectivity index (χ2v) is 6.46. The zero-order valence-corrected chi connectivity index (χ0v) is 14.8. The molecule has 3 rings (SSSR count). The maximum absolute atomic E-state index is 12.4. The van der Waals surface area contributed by atoms with Gasteiger partial charge in [0, 0.05) is 38.3 Å². The zero-order chi connectivity index (χ0) is 17.8. The van der Waals surface area contributed by atoms with Gasteiger partial charge in [-0.1, -0.05) is 13.3 Å². The molecule has 7 nitrogen and oxygen atoms in total. The van der Waals surface area contributed by atoms with Crippen LogP contribution in [0.3, 0.4) is 0 Å². The molecule has 2 heterocycles. The number of hydrogen-bond acceptors (Lipinski definition) is 4. The summed E-state index contributed by atoms with van der Waals surface area (Å²) in [4.78, 5) is 27.9. The summed E-state index contributed by atoms with van der Waals surface area (Å²) in [5, 5.41) is 2.95. The predicted molar refractivity (Wildman–Crippen MR) is 94.3 cm³/mol. The minimum atomic E-state index is -0.183. The second kappa shape index (κ2) is 7.63. The first kappa shape index (κ1) is 17.4. The van der Waals surface area contributed by atoms with Gasteiger partial charge in [0.15, 0.2) is 11.5 Å². The Morgan fingerprint density at radius 1 is 1.32 bits per heavy atom. The molecule has 0 radical (unpaired) electrons. The number of fused-ring (bicyclic) bond motifs is 1. The molecule has 2 aliphatic rings. The van der Waals surface area contributed by atoms with E-state index in [0.29, 0.717) is 37.7 Å². The smallest absolute Gasteiger partial charge is 0.317 e. The van der Waals surface area contributed by atoms with Crippen molar-refractivity contribution in [3.05, 3.63) is 18.2 Å². The number of urea groups is 1. The third kappa shape index (κ3) is 3.97. The lowest BCUT2D eigenvalue weighted by molar-refractivity contribution is -0.117. The van der Waals surface area contributed by atoms with Crippen LogP contribution in [0.1, 0.15) is 26.2 Å². The summed E-state index contributed by atoms with van der Waals surface area (Å²) in [6, 6.07) is 5.18. The number of nitrogens with zero attached hydrogens (tertiary/aromatic N) is 2. The van der Waals surface area contributed by atoms with Crippen LogP contribution in [0.15, 0.2) is 18.2 Å². The lowest BCUT2D eigenvalue weighted by Crippen LogP contribution is -2.44. The maximum Gasteiger partial charge on any atom is 0.317 e. The van der Waals surface area contributed by atoms with Crippen LogP contribution in [0.25, 0.3) is 0 Å². The largest absolute Gasteiger partial charge is 0.486 e. The fraction of sp³-hybridized carbons (Fsp3) is 0.556. The number of carbonyl (C=O) groups excluding carboxylic acids is 2. The quantitative estimate of drug-likeness (QED) is 0.884. The van der Waals surface area contributed by atoms with Gasteiger partial charge in [-0.05, 0) is 18.6 Å². The summed E-state index contributed by atoms with van der Waals surface area (Å²) >= 11 is 0. The van der Waals surface area contributed by atoms with Crippen molar-refractivity contribution in [3.63, 3.8) is 0 Å². The Balaban J connectivity index is 1.62. The SMILES string of the molecule is CCCCN(C)C(=O)NC1CC(=O)N(c2ccc3c(c2)OCCO3)C1. The Bertz CT molecular complexity index is 649. The van der Waals surface area contributed by atoms with E-state index in [2.05, 4.69) is 12.2 Å². The lowest BCUT2D eigenvalue weighted by atomic mass is 10.2. The summed E-state index contributed by atoms with van der Waals surface area (Å²) in [5.41, 5.74) is 0.769. The highest BCUT2D eigenvalue weighted by Crippen LogP contribution is 2.35. The summed E-state index contributed by atoms with van der Waals surface area (Å²) < 4.78 is 11.1. The first-order valence-corrected chi connectivity index (χ1v) is 8.80. The molecule has 1 fully saturated rings. The van der Waals surface area contributed by atoms with Crippen LogP contribution in [-0.4, -0.2) is 56.2 Å². The first-order chi connectivity index (χ1) is 12.1. The van der Waals surface area contributed by atoms with Crippen LogP contribution < -0.4 is 19.7 Å². The van der Waals surface area contributed by atoms with Gasteiger partial charge in [0.2, 0.25) is 5.91 Å². The second-order valence-electron chi connectivity index (χ2n) is 6.46. The van der Waals surface area contributed by atoms with Crippen molar-refractivity contribution in [2.45, 2.75) is 32.2 Å². The van der Waals surface area contributed by atoms with E-state index in [1.807, 2.05) is 18.2 Å². The monoisotopic (exact) mass is 347 g/mol. The Hall–Kier alpha value is -2.44. The molecule has 136 valence electrons. The first-order valence-electron chi connectivity index (χ1n) is 8.80. The van der Waals surface area contributed by atoms with E-state index in [1.54, 1.807) is 16.8 Å². The van der Waals surface area contributed by atoms with Crippen molar-refractivity contribution >= 4 is 17.6 Å². The number of nitrogens with one attached hydrogen (secondary N) is 1. The van der Waals surface area contributed by atoms with Crippen LogP contribution in [0, 0.1) is 0 Å². The van der Waals surface area contributed by atoms with Crippen molar-refractivity contribution in [3.8, 4) is 11.5 Å². The Morgan fingerprint density at radius 2 is 2.08 bits per heavy atom. The van der Waals surface area contributed by atoms with E-state index in [1.165, 1.54) is 0 Å². The van der Waals surface area contributed by atoms with E-state index < -0.39 is 0 Å². The normalized spacial score (nSPS) is 19.0. The molecule has 3 amide bonds. The van der Waals surface area contributed by atoms with Crippen LogP contribution in [0.2, 0.25) is 0 Å². The van der Waals surface area contributed by atoms with Gasteiger partial charge >= 0.3 is 6.03 Å². The van der Waals surface area contributed by atoms with Crippen LogP contribution >= 0.6 is 0 Å². The Kier molecular flexibility index (Phi) is 5.31. The molecule has 0 spiro atoms. The predicted octanol–water partition coefficient (Wildman–Crippen LogP) is 2.00. The number of ether oxygens (including phenoxy) is 2. The van der Waals surface area contributed by atoms with E-state index in [4.69, 9.17) is 9.47 Å². The van der Waals surface area contributed by atoms with Gasteiger partial charge in [0.25, 0.3) is 0 Å². The number of amides is 3. The number of rotatable bonds is 5. The van der Waals surface area contributed by atoms with E-state index in [0.717, 1.165) is 25.1 Å². The molecule has 1 unspecified atom stereocenters. The average Bonchev–Trinajstić information content (AvgIpc) is 2.99. The summed E-state index contributed by atoms with van der Waals surface area (Å²) in [5.74, 6) is 1.35. The van der Waals surface area contributed by atoms with Gasteiger partial charge in [-0.15, -0.1) is 0 Å². The maximum atomic E-state index is 12.4. The molecule has 25 heavy (non-hydrogen) atoms. The van der Waals surface area contributed by atoms with Gasteiger partial charge in [-0.2, -0.15) is 0 Å². The fourth-order valence-corrected chi connectivity index (χ4v) is 3.04. The van der Waals surface area contributed by atoms with Crippen molar-refractivity contribution in [1.29, 1.82) is 0 Å². The average molecular weight is 347 g/mol. The molecule has 1 aromatic rings. The highest BCUT2D eigenvalue weighted by atomic mass is 16.6. The molecular weight excluding hydrogens is 322 g/mol. The number of hydrogen-bond donors (Lipinski definition) is 1. The molecule has 0 bridgehead atoms. The van der Waals surface area contributed by atoms with Crippen molar-refractivity contribution in [1.82, 2.24) is 10.2 Å². The van der Waals surface area contributed by atoms with Crippen molar-refractivity contribution in [2.75, 3.05) is 38.3 Å². The van der Waals surface area contributed by atoms with Crippen LogP contribution in [0.4, 0.5) is 10.5 Å². The molecule has 1 aromatic carbocycles. The van der Waals surface area contributed by atoms with Crippen molar-refractivity contribution < 1.29 is 19.1 Å².